The van der Waals surface area contributed by atoms with Crippen LogP contribution in [0, 0.1) is 6.92 Å². The van der Waals surface area contributed by atoms with Crippen LogP contribution in [-0.4, -0.2) is 51.9 Å². The number of hydrogen-bond acceptors (Lipinski definition) is 5. The molecule has 0 radical (unpaired) electrons. The highest BCUT2D eigenvalue weighted by atomic mass is 35.5. The third-order valence-corrected chi connectivity index (χ3v) is 8.59. The Morgan fingerprint density at radius 3 is 2.28 bits per heavy atom. The number of carbonyl (C=O) groups is 2. The molecule has 0 aliphatic carbocycles. The van der Waals surface area contributed by atoms with Crippen molar-refractivity contribution in [3.63, 3.8) is 0 Å². The van der Waals surface area contributed by atoms with Gasteiger partial charge in [0.25, 0.3) is 10.0 Å². The molecule has 208 valence electrons. The Bertz CT molecular complexity index is 1430. The van der Waals surface area contributed by atoms with E-state index in [-0.39, 0.29) is 35.2 Å². The van der Waals surface area contributed by atoms with E-state index in [0.29, 0.717) is 15.6 Å². The maximum absolute atomic E-state index is 14.0. The fourth-order valence-corrected chi connectivity index (χ4v) is 6.00. The van der Waals surface area contributed by atoms with E-state index in [1.165, 1.54) is 31.2 Å². The molecular weight excluding hydrogens is 561 g/mol. The molecule has 0 unspecified atom stereocenters. The predicted octanol–water partition coefficient (Wildman–Crippen LogP) is 5.06. The lowest BCUT2D eigenvalue weighted by atomic mass is 10.1. The van der Waals surface area contributed by atoms with Crippen LogP contribution in [-0.2, 0) is 26.2 Å². The molecule has 0 bridgehead atoms. The zero-order valence-electron chi connectivity index (χ0n) is 22.1. The number of rotatable bonds is 11. The maximum atomic E-state index is 14.0. The van der Waals surface area contributed by atoms with Crippen LogP contribution < -0.4 is 14.4 Å². The maximum Gasteiger partial charge on any atom is 0.264 e. The van der Waals surface area contributed by atoms with Gasteiger partial charge in [0.2, 0.25) is 11.8 Å². The van der Waals surface area contributed by atoms with Crippen LogP contribution in [0.5, 0.6) is 5.75 Å². The van der Waals surface area contributed by atoms with Gasteiger partial charge in [-0.05, 0) is 55.3 Å². The number of ether oxygens (including phenoxy) is 1. The van der Waals surface area contributed by atoms with Gasteiger partial charge in [0.05, 0.1) is 17.7 Å². The van der Waals surface area contributed by atoms with Crippen molar-refractivity contribution in [1.29, 1.82) is 0 Å². The number of nitrogens with one attached hydrogen (secondary N) is 1. The lowest BCUT2D eigenvalue weighted by molar-refractivity contribution is -0.140. The van der Waals surface area contributed by atoms with Gasteiger partial charge in [-0.3, -0.25) is 13.9 Å². The summed E-state index contributed by atoms with van der Waals surface area (Å²) in [4.78, 5) is 28.2. The summed E-state index contributed by atoms with van der Waals surface area (Å²) >= 11 is 12.4. The minimum Gasteiger partial charge on any atom is -0.495 e. The molecule has 0 heterocycles. The first kappa shape index (κ1) is 30.3. The van der Waals surface area contributed by atoms with Gasteiger partial charge in [0.15, 0.2) is 0 Å². The van der Waals surface area contributed by atoms with Gasteiger partial charge in [-0.1, -0.05) is 66.0 Å². The number of carbonyl (C=O) groups excluding carboxylic acids is 2. The average Bonchev–Trinajstić information content (AvgIpc) is 2.92. The van der Waals surface area contributed by atoms with Crippen molar-refractivity contribution < 1.29 is 22.7 Å². The Morgan fingerprint density at radius 2 is 1.69 bits per heavy atom. The van der Waals surface area contributed by atoms with Crippen LogP contribution >= 0.6 is 23.2 Å². The molecule has 1 atom stereocenters. The van der Waals surface area contributed by atoms with Crippen LogP contribution in [0.15, 0.2) is 71.6 Å². The fraction of sp³-hybridized carbons (Fsp3) is 0.286. The van der Waals surface area contributed by atoms with Gasteiger partial charge < -0.3 is 15.0 Å². The van der Waals surface area contributed by atoms with Crippen LogP contribution in [0.2, 0.25) is 10.0 Å². The van der Waals surface area contributed by atoms with Crippen LogP contribution in [0.4, 0.5) is 5.69 Å². The second kappa shape index (κ2) is 13.2. The quantitative estimate of drug-likeness (QED) is 0.336. The monoisotopic (exact) mass is 591 g/mol. The molecule has 0 saturated carbocycles. The first-order chi connectivity index (χ1) is 18.5. The second-order valence-electron chi connectivity index (χ2n) is 8.79. The van der Waals surface area contributed by atoms with Crippen LogP contribution in [0.1, 0.15) is 24.5 Å². The van der Waals surface area contributed by atoms with Gasteiger partial charge in [-0.2, -0.15) is 0 Å². The first-order valence-electron chi connectivity index (χ1n) is 12.2. The molecule has 3 aromatic carbocycles. The molecule has 3 rings (SSSR count). The van der Waals surface area contributed by atoms with Crippen molar-refractivity contribution in [2.75, 3.05) is 25.0 Å². The van der Waals surface area contributed by atoms with Crippen molar-refractivity contribution in [1.82, 2.24) is 10.2 Å². The summed E-state index contributed by atoms with van der Waals surface area (Å²) < 4.78 is 34.3. The number of para-hydroxylation sites is 2. The van der Waals surface area contributed by atoms with E-state index >= 15 is 0 Å². The molecule has 0 aliphatic rings. The van der Waals surface area contributed by atoms with Gasteiger partial charge in [0, 0.05) is 23.6 Å². The van der Waals surface area contributed by atoms with Gasteiger partial charge in [0.1, 0.15) is 18.3 Å². The summed E-state index contributed by atoms with van der Waals surface area (Å²) in [5.74, 6) is -0.717. The number of nitrogens with zero attached hydrogens (tertiary/aromatic N) is 2. The van der Waals surface area contributed by atoms with Gasteiger partial charge in [-0.15, -0.1) is 0 Å². The van der Waals surface area contributed by atoms with Crippen molar-refractivity contribution in [3.8, 4) is 5.75 Å². The highest BCUT2D eigenvalue weighted by molar-refractivity contribution is 7.92. The van der Waals surface area contributed by atoms with Crippen molar-refractivity contribution in [2.24, 2.45) is 0 Å². The molecule has 0 aliphatic heterocycles. The minimum absolute atomic E-state index is 0.0115. The summed E-state index contributed by atoms with van der Waals surface area (Å²) in [6.45, 7) is 2.99. The predicted molar refractivity (Wildman–Crippen MR) is 154 cm³/mol. The Labute approximate surface area is 239 Å². The van der Waals surface area contributed by atoms with Crippen molar-refractivity contribution >= 4 is 50.7 Å². The Kier molecular flexibility index (Phi) is 10.2. The number of benzene rings is 3. The molecule has 0 spiro atoms. The SMILES string of the molecule is CC[C@@H](C(=O)NC)N(Cc1ccc(Cl)cc1Cl)C(=O)CN(c1ccccc1OC)S(=O)(=O)c1ccc(C)cc1. The Morgan fingerprint density at radius 1 is 1.03 bits per heavy atom. The fourth-order valence-electron chi connectivity index (χ4n) is 4.11. The lowest BCUT2D eigenvalue weighted by Gasteiger charge is -2.33. The first-order valence-corrected chi connectivity index (χ1v) is 14.4. The highest BCUT2D eigenvalue weighted by Crippen LogP contribution is 2.33. The van der Waals surface area contributed by atoms with Crippen LogP contribution in [0.25, 0.3) is 0 Å². The number of amides is 2. The summed E-state index contributed by atoms with van der Waals surface area (Å²) in [6, 6.07) is 16.9. The topological polar surface area (TPSA) is 96.0 Å². The Balaban J connectivity index is 2.12. The highest BCUT2D eigenvalue weighted by Gasteiger charge is 2.34. The number of halogens is 2. The zero-order chi connectivity index (χ0) is 28.7. The number of methoxy groups -OCH3 is 1. The number of likely N-dealkylation sites (N-methyl/N-ethyl adjacent to an activating group) is 1. The second-order valence-corrected chi connectivity index (χ2v) is 11.5. The molecule has 8 nitrogen and oxygen atoms in total. The third kappa shape index (κ3) is 7.03. The third-order valence-electron chi connectivity index (χ3n) is 6.23. The van der Waals surface area contributed by atoms with Gasteiger partial charge in [-0.25, -0.2) is 8.42 Å². The number of sulfonamides is 1. The van der Waals surface area contributed by atoms with E-state index in [4.69, 9.17) is 27.9 Å². The van der Waals surface area contributed by atoms with Crippen molar-refractivity contribution in [3.05, 3.63) is 87.9 Å². The Hall–Kier alpha value is -3.27. The molecule has 2 amide bonds. The molecule has 0 fully saturated rings. The number of aryl methyl sites for hydroxylation is 1. The summed E-state index contributed by atoms with van der Waals surface area (Å²) in [5, 5.41) is 3.33. The number of anilines is 1. The summed E-state index contributed by atoms with van der Waals surface area (Å²) in [6.07, 6.45) is 0.288. The van der Waals surface area contributed by atoms with E-state index in [9.17, 15) is 18.0 Å². The lowest BCUT2D eigenvalue weighted by Crippen LogP contribution is -2.51. The molecule has 39 heavy (non-hydrogen) atoms. The molecule has 0 saturated heterocycles. The molecule has 1 N–H and O–H groups in total. The summed E-state index contributed by atoms with van der Waals surface area (Å²) in [7, 11) is -1.32. The molecule has 3 aromatic rings. The molecular formula is C28H31Cl2N3O5S. The molecule has 11 heteroatoms. The van der Waals surface area contributed by atoms with Crippen LogP contribution in [0.3, 0.4) is 0 Å². The van der Waals surface area contributed by atoms with E-state index in [1.54, 1.807) is 61.5 Å². The van der Waals surface area contributed by atoms with Gasteiger partial charge >= 0.3 is 0 Å². The standard InChI is InChI=1S/C28H31Cl2N3O5S/c1-5-24(28(35)31-3)32(17-20-12-13-21(29)16-23(20)30)27(34)18-33(25-8-6-7-9-26(25)38-4)39(36,37)22-14-10-19(2)11-15-22/h6-16,24H,5,17-18H2,1-4H3,(H,31,35)/t24-/m0/s1. The average molecular weight is 593 g/mol. The molecule has 0 aromatic heterocycles. The van der Waals surface area contributed by atoms with E-state index in [1.807, 2.05) is 6.92 Å². The van der Waals surface area contributed by atoms with E-state index < -0.39 is 28.5 Å². The van der Waals surface area contributed by atoms with Crippen molar-refractivity contribution in [2.45, 2.75) is 37.8 Å². The normalized spacial score (nSPS) is 11.9. The largest absolute Gasteiger partial charge is 0.495 e. The minimum atomic E-state index is -4.22. The number of hydrogen-bond donors (Lipinski definition) is 1. The van der Waals surface area contributed by atoms with E-state index in [2.05, 4.69) is 5.32 Å². The zero-order valence-corrected chi connectivity index (χ0v) is 24.5. The smallest absolute Gasteiger partial charge is 0.264 e. The van der Waals surface area contributed by atoms with E-state index in [0.717, 1.165) is 9.87 Å². The summed E-state index contributed by atoms with van der Waals surface area (Å²) in [5.41, 5.74) is 1.63.